The molecule has 188 valence electrons. The van der Waals surface area contributed by atoms with Gasteiger partial charge in [0.05, 0.1) is 5.56 Å². The zero-order valence-electron chi connectivity index (χ0n) is 18.9. The molecule has 36 heavy (non-hydrogen) atoms. The molecule has 1 aliphatic rings. The first-order valence-electron chi connectivity index (χ1n) is 11.3. The number of ketones is 1. The number of likely N-dealkylation sites (tertiary alicyclic amines) is 1. The third kappa shape index (κ3) is 6.50. The van der Waals surface area contributed by atoms with Crippen LogP contribution in [0, 0.1) is 11.2 Å². The van der Waals surface area contributed by atoms with E-state index in [2.05, 4.69) is 5.32 Å². The molecular formula is C28H28Cl2FN3O2. The number of amides is 1. The number of Topliss-reactive ketones (excluding diaryl/α,β-unsaturated/α-hetero) is 1. The molecule has 0 aliphatic carbocycles. The average molecular weight is 528 g/mol. The van der Waals surface area contributed by atoms with Crippen LogP contribution in [-0.4, -0.2) is 35.5 Å². The third-order valence-electron chi connectivity index (χ3n) is 5.98. The number of rotatable bonds is 6. The van der Waals surface area contributed by atoms with Gasteiger partial charge in [-0.15, -0.1) is 0 Å². The maximum atomic E-state index is 14.9. The first-order chi connectivity index (χ1) is 16.8. The summed E-state index contributed by atoms with van der Waals surface area (Å²) in [5.41, 5.74) is 1.55. The Balaban J connectivity index is 0.00000361. The summed E-state index contributed by atoms with van der Waals surface area (Å²) in [4.78, 5) is 27.8. The smallest absolute Gasteiger partial charge is 0.256 e. The van der Waals surface area contributed by atoms with Gasteiger partial charge in [-0.2, -0.15) is 0 Å². The standard InChI is InChI=1S/C27H24Cl2FN3O2.CH4/c28-19-7-9-21(10-8-19)32-27(35)23-16-20(29)6-4-17(23)15-25(34)22-11-5-18(14-24(22)30)26(31)33-12-2-1-3-13-33;/h4-11,14,16,31H,1-3,12-13,15H2,(H,32,35);1H4. The predicted octanol–water partition coefficient (Wildman–Crippen LogP) is 7.26. The summed E-state index contributed by atoms with van der Waals surface area (Å²) in [5.74, 6) is -1.33. The highest BCUT2D eigenvalue weighted by molar-refractivity contribution is 6.31. The SMILES string of the molecule is C.N=C(c1ccc(C(=O)Cc2ccc(Cl)cc2C(=O)Nc2ccc(Cl)cc2)c(F)c1)N1CCCCC1. The highest BCUT2D eigenvalue weighted by atomic mass is 35.5. The quantitative estimate of drug-likeness (QED) is 0.201. The lowest BCUT2D eigenvalue weighted by molar-refractivity contribution is 0.0988. The van der Waals surface area contributed by atoms with Crippen LogP contribution in [-0.2, 0) is 6.42 Å². The van der Waals surface area contributed by atoms with Gasteiger partial charge < -0.3 is 10.2 Å². The van der Waals surface area contributed by atoms with E-state index in [1.54, 1.807) is 42.5 Å². The van der Waals surface area contributed by atoms with Gasteiger partial charge in [-0.1, -0.05) is 42.8 Å². The Hall–Kier alpha value is -3.22. The largest absolute Gasteiger partial charge is 0.357 e. The summed E-state index contributed by atoms with van der Waals surface area (Å²) in [6.45, 7) is 1.55. The fourth-order valence-corrected chi connectivity index (χ4v) is 4.40. The van der Waals surface area contributed by atoms with Crippen molar-refractivity contribution in [3.63, 3.8) is 0 Å². The number of carbonyl (C=O) groups is 2. The summed E-state index contributed by atoms with van der Waals surface area (Å²) in [7, 11) is 0. The van der Waals surface area contributed by atoms with Gasteiger partial charge in [0, 0.05) is 46.4 Å². The molecule has 0 atom stereocenters. The van der Waals surface area contributed by atoms with Crippen LogP contribution in [0.25, 0.3) is 0 Å². The highest BCUT2D eigenvalue weighted by Gasteiger charge is 2.21. The molecule has 5 nitrogen and oxygen atoms in total. The van der Waals surface area contributed by atoms with E-state index >= 15 is 0 Å². The van der Waals surface area contributed by atoms with Gasteiger partial charge in [0.1, 0.15) is 11.7 Å². The van der Waals surface area contributed by atoms with E-state index in [9.17, 15) is 14.0 Å². The van der Waals surface area contributed by atoms with E-state index in [1.165, 1.54) is 18.2 Å². The second-order valence-electron chi connectivity index (χ2n) is 8.45. The van der Waals surface area contributed by atoms with Gasteiger partial charge in [-0.25, -0.2) is 4.39 Å². The van der Waals surface area contributed by atoms with Crippen molar-refractivity contribution in [2.75, 3.05) is 18.4 Å². The van der Waals surface area contributed by atoms with E-state index in [1.807, 2.05) is 4.90 Å². The molecule has 0 radical (unpaired) electrons. The fraction of sp³-hybridized carbons (Fsp3) is 0.250. The van der Waals surface area contributed by atoms with Crippen LogP contribution in [0.3, 0.4) is 0 Å². The topological polar surface area (TPSA) is 73.3 Å². The lowest BCUT2D eigenvalue weighted by Crippen LogP contribution is -2.35. The predicted molar refractivity (Wildman–Crippen MR) is 144 cm³/mol. The van der Waals surface area contributed by atoms with Crippen molar-refractivity contribution in [2.24, 2.45) is 0 Å². The van der Waals surface area contributed by atoms with Gasteiger partial charge in [-0.3, -0.25) is 15.0 Å². The lowest BCUT2D eigenvalue weighted by Gasteiger charge is -2.29. The number of hydrogen-bond acceptors (Lipinski definition) is 3. The molecule has 3 aromatic rings. The molecule has 0 bridgehead atoms. The van der Waals surface area contributed by atoms with Crippen molar-refractivity contribution in [1.82, 2.24) is 4.90 Å². The number of hydrogen-bond donors (Lipinski definition) is 2. The molecule has 2 N–H and O–H groups in total. The van der Waals surface area contributed by atoms with Gasteiger partial charge in [0.2, 0.25) is 0 Å². The third-order valence-corrected chi connectivity index (χ3v) is 6.47. The molecule has 0 unspecified atom stereocenters. The molecule has 3 aromatic carbocycles. The number of amidine groups is 1. The minimum atomic E-state index is -0.685. The molecule has 1 saturated heterocycles. The minimum absolute atomic E-state index is 0. The Morgan fingerprint density at radius 3 is 2.22 bits per heavy atom. The van der Waals surface area contributed by atoms with Crippen LogP contribution in [0.15, 0.2) is 60.7 Å². The normalized spacial score (nSPS) is 13.0. The molecule has 8 heteroatoms. The van der Waals surface area contributed by atoms with Crippen molar-refractivity contribution in [2.45, 2.75) is 33.1 Å². The molecule has 1 fully saturated rings. The van der Waals surface area contributed by atoms with Gasteiger partial charge in [0.25, 0.3) is 5.91 Å². The Morgan fingerprint density at radius 2 is 1.56 bits per heavy atom. The van der Waals surface area contributed by atoms with Crippen molar-refractivity contribution >= 4 is 46.4 Å². The van der Waals surface area contributed by atoms with Crippen LogP contribution in [0.4, 0.5) is 10.1 Å². The number of anilines is 1. The van der Waals surface area contributed by atoms with Crippen molar-refractivity contribution < 1.29 is 14.0 Å². The second-order valence-corrected chi connectivity index (χ2v) is 9.33. The maximum Gasteiger partial charge on any atom is 0.256 e. The maximum absolute atomic E-state index is 14.9. The van der Waals surface area contributed by atoms with Crippen LogP contribution in [0.5, 0.6) is 0 Å². The monoisotopic (exact) mass is 527 g/mol. The number of nitrogens with zero attached hydrogens (tertiary/aromatic N) is 1. The summed E-state index contributed by atoms with van der Waals surface area (Å²) >= 11 is 12.0. The van der Waals surface area contributed by atoms with Crippen LogP contribution in [0.1, 0.15) is 58.5 Å². The number of piperidine rings is 1. The zero-order chi connectivity index (χ0) is 24.9. The molecular weight excluding hydrogens is 500 g/mol. The summed E-state index contributed by atoms with van der Waals surface area (Å²) in [6.07, 6.45) is 2.98. The number of nitrogens with one attached hydrogen (secondary N) is 2. The number of carbonyl (C=O) groups excluding carboxylic acids is 2. The van der Waals surface area contributed by atoms with E-state index < -0.39 is 17.5 Å². The summed E-state index contributed by atoms with van der Waals surface area (Å²) in [6, 6.07) is 15.5. The van der Waals surface area contributed by atoms with Gasteiger partial charge in [0.15, 0.2) is 5.78 Å². The number of benzene rings is 3. The van der Waals surface area contributed by atoms with Crippen LogP contribution < -0.4 is 5.32 Å². The van der Waals surface area contributed by atoms with Crippen LogP contribution in [0.2, 0.25) is 10.0 Å². The molecule has 1 heterocycles. The Labute approximate surface area is 220 Å². The Morgan fingerprint density at radius 1 is 0.889 bits per heavy atom. The van der Waals surface area contributed by atoms with Crippen LogP contribution >= 0.6 is 23.2 Å². The molecule has 0 spiro atoms. The first-order valence-corrected chi connectivity index (χ1v) is 12.1. The summed E-state index contributed by atoms with van der Waals surface area (Å²) < 4.78 is 14.9. The molecule has 4 rings (SSSR count). The molecule has 0 aromatic heterocycles. The van der Waals surface area contributed by atoms with E-state index in [0.717, 1.165) is 32.4 Å². The van der Waals surface area contributed by atoms with Gasteiger partial charge in [-0.05, 0) is 73.4 Å². The fourth-order valence-electron chi connectivity index (χ4n) is 4.10. The Bertz CT molecular complexity index is 1270. The lowest BCUT2D eigenvalue weighted by atomic mass is 9.97. The minimum Gasteiger partial charge on any atom is -0.357 e. The van der Waals surface area contributed by atoms with Crippen molar-refractivity contribution in [3.8, 4) is 0 Å². The summed E-state index contributed by atoms with van der Waals surface area (Å²) in [5, 5.41) is 12.0. The highest BCUT2D eigenvalue weighted by Crippen LogP contribution is 2.22. The van der Waals surface area contributed by atoms with E-state index in [4.69, 9.17) is 28.6 Å². The Kier molecular flexibility index (Phi) is 9.24. The molecule has 0 saturated carbocycles. The molecule has 1 amide bonds. The van der Waals surface area contributed by atoms with Gasteiger partial charge >= 0.3 is 0 Å². The second kappa shape index (κ2) is 12.2. The van der Waals surface area contributed by atoms with Crippen molar-refractivity contribution in [3.05, 3.63) is 98.8 Å². The first kappa shape index (κ1) is 27.4. The number of halogens is 3. The van der Waals surface area contributed by atoms with Crippen molar-refractivity contribution in [1.29, 1.82) is 5.41 Å². The molecule has 1 aliphatic heterocycles. The van der Waals surface area contributed by atoms with E-state index in [-0.39, 0.29) is 30.8 Å². The average Bonchev–Trinajstić information content (AvgIpc) is 2.86. The zero-order valence-corrected chi connectivity index (χ0v) is 20.4. The van der Waals surface area contributed by atoms with E-state index in [0.29, 0.717) is 26.9 Å².